The molecule has 1 rings (SSSR count). The van der Waals surface area contributed by atoms with Crippen molar-refractivity contribution < 1.29 is 9.53 Å². The summed E-state index contributed by atoms with van der Waals surface area (Å²) in [7, 11) is 0. The number of hydrogen-bond donors (Lipinski definition) is 2. The molecule has 0 aliphatic rings. The lowest BCUT2D eigenvalue weighted by molar-refractivity contribution is -0.119. The molecular formula is C16H26N2O2. The first-order valence-corrected chi connectivity index (χ1v) is 7.06. The molecule has 0 aliphatic heterocycles. The highest BCUT2D eigenvalue weighted by Gasteiger charge is 2.19. The van der Waals surface area contributed by atoms with Gasteiger partial charge in [-0.05, 0) is 29.0 Å². The van der Waals surface area contributed by atoms with Gasteiger partial charge < -0.3 is 16.2 Å². The van der Waals surface area contributed by atoms with E-state index in [2.05, 4.69) is 39.8 Å². The number of carbonyl (C=O) groups is 1. The minimum Gasteiger partial charge on any atom is -0.493 e. The zero-order valence-corrected chi connectivity index (χ0v) is 12.9. The van der Waals surface area contributed by atoms with Crippen LogP contribution in [0, 0.1) is 0 Å². The van der Waals surface area contributed by atoms with Gasteiger partial charge in [-0.25, -0.2) is 0 Å². The predicted molar refractivity (Wildman–Crippen MR) is 81.8 cm³/mol. The third-order valence-electron chi connectivity index (χ3n) is 3.31. The van der Waals surface area contributed by atoms with E-state index < -0.39 is 11.9 Å². The van der Waals surface area contributed by atoms with E-state index in [1.807, 2.05) is 6.07 Å². The molecule has 1 aromatic carbocycles. The molecule has 1 unspecified atom stereocenters. The quantitative estimate of drug-likeness (QED) is 0.836. The van der Waals surface area contributed by atoms with Crippen molar-refractivity contribution in [2.45, 2.75) is 52.0 Å². The van der Waals surface area contributed by atoms with E-state index in [1.165, 1.54) is 11.1 Å². The van der Waals surface area contributed by atoms with Gasteiger partial charge in [0.05, 0.1) is 12.6 Å². The average Bonchev–Trinajstić information content (AvgIpc) is 2.37. The molecule has 4 heteroatoms. The summed E-state index contributed by atoms with van der Waals surface area (Å²) in [5, 5.41) is 0. The summed E-state index contributed by atoms with van der Waals surface area (Å²) in [5.41, 5.74) is 13.2. The van der Waals surface area contributed by atoms with Crippen LogP contribution in [0.2, 0.25) is 0 Å². The molecule has 0 spiro atoms. The molecule has 4 nitrogen and oxygen atoms in total. The Kier molecular flexibility index (Phi) is 5.57. The highest BCUT2D eigenvalue weighted by molar-refractivity contribution is 5.79. The minimum absolute atomic E-state index is 0.00627. The van der Waals surface area contributed by atoms with Crippen LogP contribution in [0.1, 0.15) is 45.2 Å². The molecule has 0 fully saturated rings. The highest BCUT2D eigenvalue weighted by Crippen LogP contribution is 2.32. The number of aryl methyl sites for hydroxylation is 1. The molecule has 0 bridgehead atoms. The minimum atomic E-state index is -0.650. The van der Waals surface area contributed by atoms with Crippen LogP contribution in [0.25, 0.3) is 0 Å². The molecule has 0 heterocycles. The van der Waals surface area contributed by atoms with E-state index in [0.29, 0.717) is 13.0 Å². The second-order valence-corrected chi connectivity index (χ2v) is 6.08. The molecule has 20 heavy (non-hydrogen) atoms. The smallest absolute Gasteiger partial charge is 0.234 e. The maximum absolute atomic E-state index is 10.9. The number of carbonyl (C=O) groups excluding carboxylic acids is 1. The van der Waals surface area contributed by atoms with Gasteiger partial charge in [-0.15, -0.1) is 0 Å². The molecule has 0 saturated heterocycles. The summed E-state index contributed by atoms with van der Waals surface area (Å²) in [6.07, 6.45) is 1.42. The summed E-state index contributed by atoms with van der Waals surface area (Å²) < 4.78 is 5.80. The van der Waals surface area contributed by atoms with E-state index in [0.717, 1.165) is 12.2 Å². The van der Waals surface area contributed by atoms with Crippen molar-refractivity contribution in [3.05, 3.63) is 29.3 Å². The van der Waals surface area contributed by atoms with Gasteiger partial charge >= 0.3 is 0 Å². The van der Waals surface area contributed by atoms with E-state index >= 15 is 0 Å². The normalized spacial score (nSPS) is 13.1. The second-order valence-electron chi connectivity index (χ2n) is 6.08. The summed E-state index contributed by atoms with van der Waals surface area (Å²) in [4.78, 5) is 10.9. The monoisotopic (exact) mass is 278 g/mol. The molecule has 112 valence electrons. The Morgan fingerprint density at radius 3 is 2.50 bits per heavy atom. The molecular weight excluding hydrogens is 252 g/mol. The van der Waals surface area contributed by atoms with Crippen molar-refractivity contribution in [1.82, 2.24) is 0 Å². The van der Waals surface area contributed by atoms with Gasteiger partial charge in [-0.3, -0.25) is 4.79 Å². The number of nitrogens with two attached hydrogens (primary N) is 2. The lowest BCUT2D eigenvalue weighted by atomic mass is 9.85. The van der Waals surface area contributed by atoms with Crippen LogP contribution >= 0.6 is 0 Å². The van der Waals surface area contributed by atoms with E-state index in [4.69, 9.17) is 16.2 Å². The molecule has 0 aliphatic carbocycles. The molecule has 0 saturated carbocycles. The third-order valence-corrected chi connectivity index (χ3v) is 3.31. The van der Waals surface area contributed by atoms with Gasteiger partial charge in [0.2, 0.25) is 5.91 Å². The van der Waals surface area contributed by atoms with Crippen LogP contribution in [0.15, 0.2) is 18.2 Å². The van der Waals surface area contributed by atoms with Crippen LogP contribution in [-0.4, -0.2) is 18.6 Å². The second kappa shape index (κ2) is 6.75. The Morgan fingerprint density at radius 1 is 1.35 bits per heavy atom. The number of rotatable bonds is 6. The maximum Gasteiger partial charge on any atom is 0.234 e. The Morgan fingerprint density at radius 2 is 2.00 bits per heavy atom. The summed E-state index contributed by atoms with van der Waals surface area (Å²) >= 11 is 0. The standard InChI is InChI=1S/C16H26N2O2/c1-5-11-6-7-14(12(10-11)16(2,3)4)20-9-8-13(17)15(18)19/h6-7,10,13H,5,8-9,17H2,1-4H3,(H2,18,19). The van der Waals surface area contributed by atoms with Crippen LogP contribution in [0.4, 0.5) is 0 Å². The highest BCUT2D eigenvalue weighted by atomic mass is 16.5. The number of primary amides is 1. The zero-order chi connectivity index (χ0) is 15.3. The van der Waals surface area contributed by atoms with E-state index in [-0.39, 0.29) is 5.41 Å². The van der Waals surface area contributed by atoms with Gasteiger partial charge in [-0.1, -0.05) is 39.8 Å². The third kappa shape index (κ3) is 4.53. The fourth-order valence-electron chi connectivity index (χ4n) is 1.95. The van der Waals surface area contributed by atoms with Crippen molar-refractivity contribution >= 4 is 5.91 Å². The Labute approximate surface area is 121 Å². The van der Waals surface area contributed by atoms with Gasteiger partial charge in [-0.2, -0.15) is 0 Å². The average molecular weight is 278 g/mol. The zero-order valence-electron chi connectivity index (χ0n) is 12.9. The predicted octanol–water partition coefficient (Wildman–Crippen LogP) is 2.13. The topological polar surface area (TPSA) is 78.3 Å². The maximum atomic E-state index is 10.9. The first kappa shape index (κ1) is 16.5. The number of hydrogen-bond acceptors (Lipinski definition) is 3. The van der Waals surface area contributed by atoms with Crippen molar-refractivity contribution in [3.63, 3.8) is 0 Å². The van der Waals surface area contributed by atoms with Crippen molar-refractivity contribution in [2.75, 3.05) is 6.61 Å². The lowest BCUT2D eigenvalue weighted by Gasteiger charge is -2.24. The van der Waals surface area contributed by atoms with Crippen molar-refractivity contribution in [3.8, 4) is 5.75 Å². The largest absolute Gasteiger partial charge is 0.493 e. The van der Waals surface area contributed by atoms with Gasteiger partial charge in [0.25, 0.3) is 0 Å². The molecule has 0 aromatic heterocycles. The number of ether oxygens (including phenoxy) is 1. The van der Waals surface area contributed by atoms with Gasteiger partial charge in [0.15, 0.2) is 0 Å². The van der Waals surface area contributed by atoms with Crippen LogP contribution in [0.5, 0.6) is 5.75 Å². The van der Waals surface area contributed by atoms with Crippen molar-refractivity contribution in [1.29, 1.82) is 0 Å². The lowest BCUT2D eigenvalue weighted by Crippen LogP contribution is -2.37. The SMILES string of the molecule is CCc1ccc(OCCC(N)C(N)=O)c(C(C)(C)C)c1. The molecule has 4 N–H and O–H groups in total. The first-order valence-electron chi connectivity index (χ1n) is 7.06. The number of benzene rings is 1. The summed E-state index contributed by atoms with van der Waals surface area (Å²) in [5.74, 6) is 0.359. The van der Waals surface area contributed by atoms with E-state index in [9.17, 15) is 4.79 Å². The first-order chi connectivity index (χ1) is 9.25. The summed E-state index contributed by atoms with van der Waals surface area (Å²) in [6.45, 7) is 8.99. The van der Waals surface area contributed by atoms with Crippen molar-refractivity contribution in [2.24, 2.45) is 11.5 Å². The van der Waals surface area contributed by atoms with Crippen LogP contribution in [-0.2, 0) is 16.6 Å². The Bertz CT molecular complexity index is 464. The fraction of sp³-hybridized carbons (Fsp3) is 0.562. The molecule has 1 atom stereocenters. The Hall–Kier alpha value is -1.55. The number of amides is 1. The van der Waals surface area contributed by atoms with Crippen LogP contribution in [0.3, 0.4) is 0 Å². The van der Waals surface area contributed by atoms with E-state index in [1.54, 1.807) is 0 Å². The molecule has 1 amide bonds. The fourth-order valence-corrected chi connectivity index (χ4v) is 1.95. The van der Waals surface area contributed by atoms with Crippen LogP contribution < -0.4 is 16.2 Å². The molecule has 1 aromatic rings. The van der Waals surface area contributed by atoms with Gasteiger partial charge in [0, 0.05) is 6.42 Å². The van der Waals surface area contributed by atoms with Gasteiger partial charge in [0.1, 0.15) is 5.75 Å². The molecule has 0 radical (unpaired) electrons. The Balaban J connectivity index is 2.81. The summed E-state index contributed by atoms with van der Waals surface area (Å²) in [6, 6.07) is 5.60.